The van der Waals surface area contributed by atoms with E-state index >= 15 is 0 Å². The number of carbonyl (C=O) groups is 1. The third kappa shape index (κ3) is 4.71. The molecule has 8 heteroatoms. The van der Waals surface area contributed by atoms with Crippen molar-refractivity contribution in [3.8, 4) is 0 Å². The Kier molecular flexibility index (Phi) is 5.76. The van der Waals surface area contributed by atoms with Crippen LogP contribution < -0.4 is 5.73 Å². The van der Waals surface area contributed by atoms with E-state index in [2.05, 4.69) is 41.9 Å². The molecule has 4 aromatic heterocycles. The number of aryl methyl sites for hydroxylation is 1. The number of halogens is 1. The third-order valence-corrected chi connectivity index (χ3v) is 6.53. The van der Waals surface area contributed by atoms with Crippen LogP contribution >= 0.6 is 15.9 Å². The van der Waals surface area contributed by atoms with Crippen molar-refractivity contribution in [1.82, 2.24) is 24.8 Å². The summed E-state index contributed by atoms with van der Waals surface area (Å²) in [6.45, 7) is 2.75. The molecule has 0 atom stereocenters. The average Bonchev–Trinajstić information content (AvgIpc) is 3.66. The number of amides is 1. The Morgan fingerprint density at radius 2 is 1.97 bits per heavy atom. The van der Waals surface area contributed by atoms with E-state index in [9.17, 15) is 4.79 Å². The molecule has 33 heavy (non-hydrogen) atoms. The number of nitrogens with zero attached hydrogens (tertiary/aromatic N) is 5. The number of fused-ring (bicyclic) bond motifs is 1. The van der Waals surface area contributed by atoms with E-state index in [1.165, 1.54) is 18.4 Å². The minimum Gasteiger partial charge on any atom is -0.383 e. The summed E-state index contributed by atoms with van der Waals surface area (Å²) in [4.78, 5) is 33.1. The number of pyridine rings is 4. The number of carbonyl (C=O) groups excluding carboxylic acids is 1. The number of nitrogens with two attached hydrogens (primary N) is 1. The topological polar surface area (TPSA) is 97.9 Å². The van der Waals surface area contributed by atoms with Gasteiger partial charge >= 0.3 is 0 Å². The first kappa shape index (κ1) is 21.5. The third-order valence-electron chi connectivity index (χ3n) is 5.89. The van der Waals surface area contributed by atoms with Gasteiger partial charge in [0.2, 0.25) is 0 Å². The van der Waals surface area contributed by atoms with Crippen molar-refractivity contribution in [3.05, 3.63) is 87.5 Å². The fourth-order valence-electron chi connectivity index (χ4n) is 3.80. The largest absolute Gasteiger partial charge is 0.383 e. The highest BCUT2D eigenvalue weighted by Crippen LogP contribution is 2.39. The van der Waals surface area contributed by atoms with Crippen molar-refractivity contribution in [2.75, 3.05) is 5.73 Å². The van der Waals surface area contributed by atoms with Gasteiger partial charge in [0.15, 0.2) is 5.65 Å². The molecule has 166 valence electrons. The van der Waals surface area contributed by atoms with Crippen molar-refractivity contribution in [3.63, 3.8) is 0 Å². The molecule has 0 saturated heterocycles. The van der Waals surface area contributed by atoms with Gasteiger partial charge in [-0.15, -0.1) is 0 Å². The lowest BCUT2D eigenvalue weighted by Crippen LogP contribution is -2.31. The molecule has 0 aliphatic heterocycles. The van der Waals surface area contributed by atoms with Crippen LogP contribution in [0.5, 0.6) is 0 Å². The van der Waals surface area contributed by atoms with Crippen LogP contribution in [0.15, 0.2) is 59.5 Å². The zero-order valence-corrected chi connectivity index (χ0v) is 19.8. The van der Waals surface area contributed by atoms with E-state index in [0.717, 1.165) is 22.3 Å². The lowest BCUT2D eigenvalue weighted by Gasteiger charge is -2.23. The SMILES string of the molecule is Cc1cccnc1CN(Cc1ccc(C2CC2)cn1)C(=O)c1cnc2nc(N)c(Br)cc2c1. The molecule has 0 aromatic carbocycles. The molecule has 0 spiro atoms. The van der Waals surface area contributed by atoms with Gasteiger partial charge in [-0.3, -0.25) is 14.8 Å². The highest BCUT2D eigenvalue weighted by atomic mass is 79.9. The van der Waals surface area contributed by atoms with Gasteiger partial charge in [-0.05, 0) is 77.0 Å². The summed E-state index contributed by atoms with van der Waals surface area (Å²) in [5, 5.41) is 0.739. The number of hydrogen-bond acceptors (Lipinski definition) is 6. The molecule has 0 bridgehead atoms. The Morgan fingerprint density at radius 1 is 1.12 bits per heavy atom. The Hall–Kier alpha value is -3.39. The van der Waals surface area contributed by atoms with Gasteiger partial charge in [0.1, 0.15) is 5.82 Å². The predicted molar refractivity (Wildman–Crippen MR) is 130 cm³/mol. The van der Waals surface area contributed by atoms with Crippen molar-refractivity contribution in [2.45, 2.75) is 38.8 Å². The van der Waals surface area contributed by atoms with Crippen LogP contribution in [-0.4, -0.2) is 30.7 Å². The summed E-state index contributed by atoms with van der Waals surface area (Å²) in [6, 6.07) is 11.7. The van der Waals surface area contributed by atoms with E-state index in [1.54, 1.807) is 23.4 Å². The zero-order chi connectivity index (χ0) is 22.9. The summed E-state index contributed by atoms with van der Waals surface area (Å²) in [5.74, 6) is 0.864. The lowest BCUT2D eigenvalue weighted by atomic mass is 10.1. The first-order valence-electron chi connectivity index (χ1n) is 10.8. The van der Waals surface area contributed by atoms with Crippen molar-refractivity contribution < 1.29 is 4.79 Å². The normalized spacial score (nSPS) is 13.3. The molecule has 2 N–H and O–H groups in total. The Bertz CT molecular complexity index is 1340. The predicted octanol–water partition coefficient (Wildman–Crippen LogP) is 4.79. The van der Waals surface area contributed by atoms with Crippen LogP contribution in [0, 0.1) is 6.92 Å². The van der Waals surface area contributed by atoms with Crippen LogP contribution in [0.1, 0.15) is 51.6 Å². The van der Waals surface area contributed by atoms with E-state index in [4.69, 9.17) is 5.73 Å². The number of nitrogen functional groups attached to an aromatic ring is 1. The number of anilines is 1. The average molecular weight is 503 g/mol. The highest BCUT2D eigenvalue weighted by molar-refractivity contribution is 9.10. The van der Waals surface area contributed by atoms with Gasteiger partial charge in [-0.1, -0.05) is 12.1 Å². The summed E-state index contributed by atoms with van der Waals surface area (Å²) in [5.41, 5.74) is 10.8. The van der Waals surface area contributed by atoms with Crippen LogP contribution in [-0.2, 0) is 13.1 Å². The van der Waals surface area contributed by atoms with Crippen LogP contribution in [0.4, 0.5) is 5.82 Å². The highest BCUT2D eigenvalue weighted by Gasteiger charge is 2.24. The molecule has 1 fully saturated rings. The van der Waals surface area contributed by atoms with Crippen LogP contribution in [0.2, 0.25) is 0 Å². The molecule has 7 nitrogen and oxygen atoms in total. The van der Waals surface area contributed by atoms with Crippen molar-refractivity contribution >= 4 is 38.7 Å². The van der Waals surface area contributed by atoms with E-state index in [-0.39, 0.29) is 5.91 Å². The maximum absolute atomic E-state index is 13.6. The van der Waals surface area contributed by atoms with E-state index in [0.29, 0.717) is 40.5 Å². The monoisotopic (exact) mass is 502 g/mol. The molecule has 1 amide bonds. The summed E-state index contributed by atoms with van der Waals surface area (Å²) in [7, 11) is 0. The second kappa shape index (κ2) is 8.86. The second-order valence-electron chi connectivity index (χ2n) is 8.41. The molecule has 4 aromatic rings. The molecular formula is C25H23BrN6O. The zero-order valence-electron chi connectivity index (χ0n) is 18.2. The van der Waals surface area contributed by atoms with Gasteiger partial charge < -0.3 is 10.6 Å². The first-order chi connectivity index (χ1) is 16.0. The van der Waals surface area contributed by atoms with Crippen molar-refractivity contribution in [2.24, 2.45) is 0 Å². The molecular weight excluding hydrogens is 480 g/mol. The number of hydrogen-bond donors (Lipinski definition) is 1. The number of rotatable bonds is 6. The minimum absolute atomic E-state index is 0.143. The fraction of sp³-hybridized carbons (Fsp3) is 0.240. The molecule has 5 rings (SSSR count). The first-order valence-corrected chi connectivity index (χ1v) is 11.6. The molecule has 0 radical (unpaired) electrons. The maximum Gasteiger partial charge on any atom is 0.256 e. The Balaban J connectivity index is 1.46. The summed E-state index contributed by atoms with van der Waals surface area (Å²) in [6.07, 6.45) is 7.70. The van der Waals surface area contributed by atoms with E-state index < -0.39 is 0 Å². The van der Waals surface area contributed by atoms with Gasteiger partial charge in [0.25, 0.3) is 5.91 Å². The van der Waals surface area contributed by atoms with Gasteiger partial charge in [-0.2, -0.15) is 0 Å². The number of aromatic nitrogens is 4. The lowest BCUT2D eigenvalue weighted by molar-refractivity contribution is 0.0725. The Labute approximate surface area is 200 Å². The standard InChI is InChI=1S/C25H23BrN6O/c1-15-3-2-8-28-22(15)14-32(13-20-7-6-17(11-29-20)16-4-5-16)25(33)19-9-18-10-21(26)23(27)31-24(18)30-12-19/h2-3,6-12,16H,4-5,13-14H2,1H3,(H2,27,30,31). The van der Waals surface area contributed by atoms with Gasteiger partial charge in [0.05, 0.1) is 34.5 Å². The summed E-state index contributed by atoms with van der Waals surface area (Å²) < 4.78 is 0.669. The molecule has 1 saturated carbocycles. The van der Waals surface area contributed by atoms with Gasteiger partial charge in [-0.25, -0.2) is 9.97 Å². The molecule has 0 unspecified atom stereocenters. The Morgan fingerprint density at radius 3 is 2.70 bits per heavy atom. The fourth-order valence-corrected chi connectivity index (χ4v) is 4.13. The van der Waals surface area contributed by atoms with Crippen LogP contribution in [0.25, 0.3) is 11.0 Å². The second-order valence-corrected chi connectivity index (χ2v) is 9.27. The van der Waals surface area contributed by atoms with Crippen LogP contribution in [0.3, 0.4) is 0 Å². The maximum atomic E-state index is 13.6. The summed E-state index contributed by atoms with van der Waals surface area (Å²) >= 11 is 3.40. The smallest absolute Gasteiger partial charge is 0.256 e. The van der Waals surface area contributed by atoms with Gasteiger partial charge in [0, 0.05) is 24.0 Å². The molecule has 1 aliphatic carbocycles. The molecule has 4 heterocycles. The van der Waals surface area contributed by atoms with E-state index in [1.807, 2.05) is 37.4 Å². The molecule has 1 aliphatic rings. The van der Waals surface area contributed by atoms with Crippen molar-refractivity contribution in [1.29, 1.82) is 0 Å². The quantitative estimate of drug-likeness (QED) is 0.406. The minimum atomic E-state index is -0.143.